The first-order valence-electron chi connectivity index (χ1n) is 8.12. The van der Waals surface area contributed by atoms with E-state index in [1.54, 1.807) is 0 Å². The molecular weight excluding hydrogens is 360 g/mol. The van der Waals surface area contributed by atoms with E-state index in [1.165, 1.54) is 24.0 Å². The third-order valence-corrected chi connectivity index (χ3v) is 7.33. The first-order valence-corrected chi connectivity index (χ1v) is 10.8. The zero-order valence-corrected chi connectivity index (χ0v) is 15.7. The Morgan fingerprint density at radius 3 is 2.52 bits per heavy atom. The predicted octanol–water partition coefficient (Wildman–Crippen LogP) is 4.11. The van der Waals surface area contributed by atoms with Crippen molar-refractivity contribution < 1.29 is 13.3 Å². The van der Waals surface area contributed by atoms with Gasteiger partial charge in [0.1, 0.15) is 4.21 Å². The molecule has 6 nitrogen and oxygen atoms in total. The lowest BCUT2D eigenvalue weighted by Crippen LogP contribution is -2.09. The summed E-state index contributed by atoms with van der Waals surface area (Å²) >= 11 is 0.906. The second-order valence-electron chi connectivity index (χ2n) is 6.41. The Morgan fingerprint density at radius 2 is 1.88 bits per heavy atom. The second kappa shape index (κ2) is 6.76. The van der Waals surface area contributed by atoms with E-state index >= 15 is 0 Å². The maximum absolute atomic E-state index is 11.7. The summed E-state index contributed by atoms with van der Waals surface area (Å²) in [6.45, 7) is 1.92. The molecule has 1 aliphatic carbocycles. The fourth-order valence-corrected chi connectivity index (χ4v) is 5.11. The Hall–Kier alpha value is -1.93. The van der Waals surface area contributed by atoms with Gasteiger partial charge in [-0.25, -0.2) is 8.42 Å². The van der Waals surface area contributed by atoms with E-state index in [2.05, 4.69) is 17.4 Å². The Morgan fingerprint density at radius 1 is 1.20 bits per heavy atom. The van der Waals surface area contributed by atoms with Crippen LogP contribution in [-0.4, -0.2) is 19.6 Å². The number of nitro groups is 1. The van der Waals surface area contributed by atoms with Gasteiger partial charge in [-0.05, 0) is 49.3 Å². The molecule has 1 atom stereocenters. The van der Waals surface area contributed by atoms with E-state index in [9.17, 15) is 18.5 Å². The quantitative estimate of drug-likeness (QED) is 0.623. The first-order chi connectivity index (χ1) is 11.8. The molecule has 1 aliphatic rings. The molecule has 3 rings (SSSR count). The van der Waals surface area contributed by atoms with Crippen LogP contribution in [0.5, 0.6) is 0 Å². The molecule has 0 saturated heterocycles. The number of nitrogens with zero attached hydrogens (tertiary/aromatic N) is 1. The molecule has 0 radical (unpaired) electrons. The van der Waals surface area contributed by atoms with Crippen LogP contribution in [0.25, 0.3) is 0 Å². The van der Waals surface area contributed by atoms with Gasteiger partial charge in [0.05, 0.1) is 4.92 Å². The van der Waals surface area contributed by atoms with Crippen LogP contribution in [0, 0.1) is 10.1 Å². The van der Waals surface area contributed by atoms with Gasteiger partial charge in [0, 0.05) is 18.4 Å². The van der Waals surface area contributed by atoms with Crippen molar-refractivity contribution in [2.75, 3.05) is 11.6 Å². The highest BCUT2D eigenvalue weighted by Gasteiger charge is 2.25. The molecule has 1 unspecified atom stereocenters. The van der Waals surface area contributed by atoms with Gasteiger partial charge in [-0.1, -0.05) is 29.5 Å². The van der Waals surface area contributed by atoms with Gasteiger partial charge in [-0.3, -0.25) is 10.1 Å². The van der Waals surface area contributed by atoms with E-state index in [4.69, 9.17) is 0 Å². The second-order valence-corrected chi connectivity index (χ2v) is 9.71. The van der Waals surface area contributed by atoms with E-state index in [-0.39, 0.29) is 20.9 Å². The number of hydrogen-bond donors (Lipinski definition) is 1. The monoisotopic (exact) mass is 380 g/mol. The number of sulfone groups is 1. The minimum absolute atomic E-state index is 0.000610. The molecular formula is C17H20N2O4S2. The molecule has 1 aromatic carbocycles. The molecule has 0 spiro atoms. The van der Waals surface area contributed by atoms with Crippen molar-refractivity contribution in [1.82, 2.24) is 0 Å². The Balaban J connectivity index is 1.89. The summed E-state index contributed by atoms with van der Waals surface area (Å²) in [4.78, 5) is 10.7. The van der Waals surface area contributed by atoms with Gasteiger partial charge in [0.25, 0.3) is 0 Å². The zero-order chi connectivity index (χ0) is 18.2. The number of benzene rings is 1. The molecule has 1 aromatic heterocycles. The number of aryl methyl sites for hydroxylation is 2. The van der Waals surface area contributed by atoms with Gasteiger partial charge in [-0.2, -0.15) is 0 Å². The standard InChI is InChI=1S/C17H20N2O4S2/c1-11(13-8-7-12-5-3-4-6-14(12)9-13)18-17-15(19(20)21)10-16(24-17)25(2,22)23/h7-11,18H,3-6H2,1-2H3. The lowest BCUT2D eigenvalue weighted by atomic mass is 9.89. The van der Waals surface area contributed by atoms with Gasteiger partial charge in [0.15, 0.2) is 14.8 Å². The van der Waals surface area contributed by atoms with Crippen LogP contribution >= 0.6 is 11.3 Å². The van der Waals surface area contributed by atoms with Crippen molar-refractivity contribution >= 4 is 31.9 Å². The van der Waals surface area contributed by atoms with Crippen molar-refractivity contribution in [1.29, 1.82) is 0 Å². The fourth-order valence-electron chi connectivity index (χ4n) is 3.08. The summed E-state index contributed by atoms with van der Waals surface area (Å²) in [6.07, 6.45) is 5.63. The summed E-state index contributed by atoms with van der Waals surface area (Å²) in [5, 5.41) is 14.6. The SMILES string of the molecule is CC(Nc1sc(S(C)(=O)=O)cc1[N+](=O)[O-])c1ccc2c(c1)CCCC2. The number of fused-ring (bicyclic) bond motifs is 1. The number of nitrogens with one attached hydrogen (secondary N) is 1. The molecule has 0 fully saturated rings. The molecule has 1 heterocycles. The largest absolute Gasteiger partial charge is 0.365 e. The van der Waals surface area contributed by atoms with Crippen LogP contribution in [0.4, 0.5) is 10.7 Å². The highest BCUT2D eigenvalue weighted by Crippen LogP contribution is 2.39. The van der Waals surface area contributed by atoms with Crippen LogP contribution in [0.15, 0.2) is 28.5 Å². The summed E-state index contributed by atoms with van der Waals surface area (Å²) in [6, 6.07) is 7.30. The Bertz CT molecular complexity index is 919. The average molecular weight is 380 g/mol. The van der Waals surface area contributed by atoms with Crippen molar-refractivity contribution in [2.24, 2.45) is 0 Å². The van der Waals surface area contributed by atoms with E-state index < -0.39 is 14.8 Å². The fraction of sp³-hybridized carbons (Fsp3) is 0.412. The third kappa shape index (κ3) is 3.85. The average Bonchev–Trinajstić information content (AvgIpc) is 2.98. The maximum Gasteiger partial charge on any atom is 0.304 e. The van der Waals surface area contributed by atoms with Crippen molar-refractivity contribution in [2.45, 2.75) is 42.9 Å². The Kier molecular flexibility index (Phi) is 4.83. The first kappa shape index (κ1) is 17.9. The minimum atomic E-state index is -3.48. The summed E-state index contributed by atoms with van der Waals surface area (Å²) in [5.41, 5.74) is 3.57. The predicted molar refractivity (Wildman–Crippen MR) is 99.2 cm³/mol. The highest BCUT2D eigenvalue weighted by molar-refractivity contribution is 7.92. The van der Waals surface area contributed by atoms with Crippen LogP contribution in [0.3, 0.4) is 0 Å². The summed E-state index contributed by atoms with van der Waals surface area (Å²) in [5.74, 6) is 0. The van der Waals surface area contributed by atoms with Gasteiger partial charge >= 0.3 is 5.69 Å². The molecule has 0 aliphatic heterocycles. The number of anilines is 1. The lowest BCUT2D eigenvalue weighted by molar-refractivity contribution is -0.383. The zero-order valence-electron chi connectivity index (χ0n) is 14.1. The molecule has 134 valence electrons. The number of hydrogen-bond acceptors (Lipinski definition) is 6. The highest BCUT2D eigenvalue weighted by atomic mass is 32.2. The lowest BCUT2D eigenvalue weighted by Gasteiger charge is -2.20. The van der Waals surface area contributed by atoms with Crippen LogP contribution in [-0.2, 0) is 22.7 Å². The van der Waals surface area contributed by atoms with E-state index in [0.29, 0.717) is 0 Å². The summed E-state index contributed by atoms with van der Waals surface area (Å²) in [7, 11) is -3.48. The number of rotatable bonds is 5. The van der Waals surface area contributed by atoms with Gasteiger partial charge < -0.3 is 5.32 Å². The van der Waals surface area contributed by atoms with Crippen molar-refractivity contribution in [3.63, 3.8) is 0 Å². The molecule has 0 amide bonds. The topological polar surface area (TPSA) is 89.3 Å². The molecule has 8 heteroatoms. The smallest absolute Gasteiger partial charge is 0.304 e. The molecule has 25 heavy (non-hydrogen) atoms. The number of thiophene rings is 1. The van der Waals surface area contributed by atoms with Gasteiger partial charge in [0.2, 0.25) is 0 Å². The van der Waals surface area contributed by atoms with E-state index in [0.717, 1.165) is 42.1 Å². The molecule has 2 aromatic rings. The molecule has 1 N–H and O–H groups in total. The molecule has 0 saturated carbocycles. The van der Waals surface area contributed by atoms with E-state index in [1.807, 2.05) is 13.0 Å². The van der Waals surface area contributed by atoms with Crippen LogP contribution in [0.1, 0.15) is 42.5 Å². The third-order valence-electron chi connectivity index (χ3n) is 4.47. The van der Waals surface area contributed by atoms with Crippen LogP contribution in [0.2, 0.25) is 0 Å². The van der Waals surface area contributed by atoms with Crippen LogP contribution < -0.4 is 5.32 Å². The maximum atomic E-state index is 11.7. The summed E-state index contributed by atoms with van der Waals surface area (Å²) < 4.78 is 23.4. The van der Waals surface area contributed by atoms with Gasteiger partial charge in [-0.15, -0.1) is 0 Å². The van der Waals surface area contributed by atoms with Crippen molar-refractivity contribution in [3.8, 4) is 0 Å². The normalized spacial score (nSPS) is 15.4. The Labute approximate surface area is 151 Å². The minimum Gasteiger partial charge on any atom is -0.365 e. The van der Waals surface area contributed by atoms with Crippen molar-refractivity contribution in [3.05, 3.63) is 51.1 Å². The molecule has 0 bridgehead atoms.